The fourth-order valence-electron chi connectivity index (χ4n) is 2.60. The smallest absolute Gasteiger partial charge is 0.163 e. The van der Waals surface area contributed by atoms with Gasteiger partial charge in [-0.2, -0.15) is 0 Å². The highest BCUT2D eigenvalue weighted by molar-refractivity contribution is 6.34. The van der Waals surface area contributed by atoms with Gasteiger partial charge in [0.2, 0.25) is 0 Å². The van der Waals surface area contributed by atoms with Gasteiger partial charge in [-0.3, -0.25) is 0 Å². The molecule has 3 aromatic rings. The fraction of sp³-hybridized carbons (Fsp3) is 0.176. The molecule has 106 valence electrons. The molecule has 3 nitrogen and oxygen atoms in total. The molecule has 0 saturated heterocycles. The predicted molar refractivity (Wildman–Crippen MR) is 88.5 cm³/mol. The maximum absolute atomic E-state index is 6.14. The minimum absolute atomic E-state index is 0.434. The summed E-state index contributed by atoms with van der Waals surface area (Å²) in [5, 5.41) is 10.7. The van der Waals surface area contributed by atoms with Crippen molar-refractivity contribution in [1.82, 2.24) is 10.2 Å². The van der Waals surface area contributed by atoms with Crippen molar-refractivity contribution in [3.05, 3.63) is 58.7 Å². The fourth-order valence-corrected chi connectivity index (χ4v) is 2.80. The molecule has 0 aliphatic carbocycles. The molecule has 0 saturated carbocycles. The number of fused-ring (bicyclic) bond motifs is 1. The first-order valence-electron chi connectivity index (χ1n) is 6.80. The van der Waals surface area contributed by atoms with Gasteiger partial charge in [-0.15, -0.1) is 10.2 Å². The Morgan fingerprint density at radius 1 is 0.952 bits per heavy atom. The van der Waals surface area contributed by atoms with E-state index in [1.165, 1.54) is 11.1 Å². The number of nitrogens with zero attached hydrogens (tertiary/aromatic N) is 3. The van der Waals surface area contributed by atoms with E-state index in [-0.39, 0.29) is 0 Å². The van der Waals surface area contributed by atoms with Crippen molar-refractivity contribution in [2.45, 2.75) is 13.8 Å². The van der Waals surface area contributed by atoms with Crippen LogP contribution in [0, 0.1) is 13.8 Å². The van der Waals surface area contributed by atoms with Crippen LogP contribution in [-0.4, -0.2) is 17.2 Å². The maximum Gasteiger partial charge on any atom is 0.163 e. The second-order valence-electron chi connectivity index (χ2n) is 5.21. The van der Waals surface area contributed by atoms with Crippen molar-refractivity contribution in [3.8, 4) is 0 Å². The van der Waals surface area contributed by atoms with Crippen LogP contribution in [0.3, 0.4) is 0 Å². The number of aromatic nitrogens is 2. The SMILES string of the molecule is Cc1ccc(N(C)c2nnc(Cl)c3ccccc23)c(C)c1. The zero-order chi connectivity index (χ0) is 15.0. The van der Waals surface area contributed by atoms with E-state index in [9.17, 15) is 0 Å². The summed E-state index contributed by atoms with van der Waals surface area (Å²) in [6, 6.07) is 14.3. The van der Waals surface area contributed by atoms with Crippen LogP contribution in [-0.2, 0) is 0 Å². The zero-order valence-electron chi connectivity index (χ0n) is 12.3. The lowest BCUT2D eigenvalue weighted by molar-refractivity contribution is 1.00. The third kappa shape index (κ3) is 2.45. The Labute approximate surface area is 129 Å². The Kier molecular flexibility index (Phi) is 3.52. The van der Waals surface area contributed by atoms with Crippen molar-refractivity contribution < 1.29 is 0 Å². The first-order chi connectivity index (χ1) is 10.1. The zero-order valence-corrected chi connectivity index (χ0v) is 13.0. The van der Waals surface area contributed by atoms with Crippen LogP contribution in [0.15, 0.2) is 42.5 Å². The van der Waals surface area contributed by atoms with Crippen LogP contribution in [0.25, 0.3) is 10.8 Å². The Bertz CT molecular complexity index is 814. The van der Waals surface area contributed by atoms with Crippen LogP contribution in [0.1, 0.15) is 11.1 Å². The Balaban J connectivity index is 2.18. The molecule has 0 bridgehead atoms. The van der Waals surface area contributed by atoms with Crippen LogP contribution >= 0.6 is 11.6 Å². The number of hydrogen-bond acceptors (Lipinski definition) is 3. The number of hydrogen-bond donors (Lipinski definition) is 0. The summed E-state index contributed by atoms with van der Waals surface area (Å²) in [6.07, 6.45) is 0. The summed E-state index contributed by atoms with van der Waals surface area (Å²) >= 11 is 6.14. The van der Waals surface area contributed by atoms with Gasteiger partial charge in [0, 0.05) is 23.5 Å². The van der Waals surface area contributed by atoms with E-state index >= 15 is 0 Å². The minimum Gasteiger partial charge on any atom is -0.327 e. The molecular formula is C17H16ClN3. The van der Waals surface area contributed by atoms with Gasteiger partial charge in [0.15, 0.2) is 11.0 Å². The van der Waals surface area contributed by atoms with Gasteiger partial charge in [-0.1, -0.05) is 53.6 Å². The summed E-state index contributed by atoms with van der Waals surface area (Å²) < 4.78 is 0. The average Bonchev–Trinajstić information content (AvgIpc) is 2.47. The summed E-state index contributed by atoms with van der Waals surface area (Å²) in [6.45, 7) is 4.19. The van der Waals surface area contributed by atoms with Crippen molar-refractivity contribution >= 4 is 33.9 Å². The van der Waals surface area contributed by atoms with Crippen molar-refractivity contribution in [2.75, 3.05) is 11.9 Å². The molecule has 0 atom stereocenters. The van der Waals surface area contributed by atoms with Gasteiger partial charge in [0.25, 0.3) is 0 Å². The van der Waals surface area contributed by atoms with Gasteiger partial charge < -0.3 is 4.90 Å². The molecule has 0 unspecified atom stereocenters. The summed E-state index contributed by atoms with van der Waals surface area (Å²) in [4.78, 5) is 2.06. The third-order valence-electron chi connectivity index (χ3n) is 3.65. The molecule has 3 rings (SSSR count). The number of halogens is 1. The Hall–Kier alpha value is -2.13. The number of benzene rings is 2. The molecule has 0 aliphatic heterocycles. The lowest BCUT2D eigenvalue weighted by Gasteiger charge is -2.22. The van der Waals surface area contributed by atoms with Gasteiger partial charge in [-0.05, 0) is 25.5 Å². The summed E-state index contributed by atoms with van der Waals surface area (Å²) in [7, 11) is 2.00. The van der Waals surface area contributed by atoms with E-state index in [0.717, 1.165) is 22.3 Å². The Morgan fingerprint density at radius 2 is 1.67 bits per heavy atom. The van der Waals surface area contributed by atoms with Crippen LogP contribution in [0.2, 0.25) is 5.15 Å². The first-order valence-corrected chi connectivity index (χ1v) is 7.17. The molecule has 0 aliphatic rings. The lowest BCUT2D eigenvalue weighted by Crippen LogP contribution is -2.14. The molecule has 0 amide bonds. The molecule has 0 fully saturated rings. The van der Waals surface area contributed by atoms with Gasteiger partial charge in [0.05, 0.1) is 0 Å². The molecule has 0 radical (unpaired) electrons. The highest BCUT2D eigenvalue weighted by Crippen LogP contribution is 2.32. The van der Waals surface area contributed by atoms with Crippen molar-refractivity contribution in [3.63, 3.8) is 0 Å². The van der Waals surface area contributed by atoms with E-state index in [2.05, 4.69) is 47.1 Å². The molecule has 21 heavy (non-hydrogen) atoms. The second-order valence-corrected chi connectivity index (χ2v) is 5.57. The molecule has 2 aromatic carbocycles. The van der Waals surface area contributed by atoms with E-state index in [1.807, 2.05) is 31.3 Å². The third-order valence-corrected chi connectivity index (χ3v) is 3.93. The van der Waals surface area contributed by atoms with Crippen LogP contribution < -0.4 is 4.90 Å². The highest BCUT2D eigenvalue weighted by Gasteiger charge is 2.14. The second kappa shape index (κ2) is 5.34. The van der Waals surface area contributed by atoms with E-state index in [1.54, 1.807) is 0 Å². The average molecular weight is 298 g/mol. The molecule has 1 aromatic heterocycles. The van der Waals surface area contributed by atoms with Crippen molar-refractivity contribution in [1.29, 1.82) is 0 Å². The van der Waals surface area contributed by atoms with Gasteiger partial charge in [0.1, 0.15) is 0 Å². The van der Waals surface area contributed by atoms with E-state index in [4.69, 9.17) is 11.6 Å². The molecule has 0 N–H and O–H groups in total. The maximum atomic E-state index is 6.14. The highest BCUT2D eigenvalue weighted by atomic mass is 35.5. The number of rotatable bonds is 2. The minimum atomic E-state index is 0.434. The number of anilines is 2. The molecular weight excluding hydrogens is 282 g/mol. The Morgan fingerprint density at radius 3 is 2.38 bits per heavy atom. The summed E-state index contributed by atoms with van der Waals surface area (Å²) in [5.41, 5.74) is 3.57. The molecule has 4 heteroatoms. The van der Waals surface area contributed by atoms with Gasteiger partial charge in [-0.25, -0.2) is 0 Å². The predicted octanol–water partition coefficient (Wildman–Crippen LogP) is 4.67. The standard InChI is InChI=1S/C17H16ClN3/c1-11-8-9-15(12(2)10-11)21(3)17-14-7-5-4-6-13(14)16(18)19-20-17/h4-10H,1-3H3. The van der Waals surface area contributed by atoms with Gasteiger partial charge >= 0.3 is 0 Å². The topological polar surface area (TPSA) is 29.0 Å². The quantitative estimate of drug-likeness (QED) is 0.688. The largest absolute Gasteiger partial charge is 0.327 e. The van der Waals surface area contributed by atoms with E-state index in [0.29, 0.717) is 5.15 Å². The molecule has 1 heterocycles. The van der Waals surface area contributed by atoms with Crippen molar-refractivity contribution in [2.24, 2.45) is 0 Å². The first kappa shape index (κ1) is 13.8. The van der Waals surface area contributed by atoms with Crippen LogP contribution in [0.4, 0.5) is 11.5 Å². The van der Waals surface area contributed by atoms with Crippen LogP contribution in [0.5, 0.6) is 0 Å². The monoisotopic (exact) mass is 297 g/mol. The summed E-state index contributed by atoms with van der Waals surface area (Å²) in [5.74, 6) is 0.807. The van der Waals surface area contributed by atoms with E-state index < -0.39 is 0 Å². The normalized spacial score (nSPS) is 10.9. The lowest BCUT2D eigenvalue weighted by atomic mass is 10.1. The number of aryl methyl sites for hydroxylation is 2. The molecule has 0 spiro atoms.